The van der Waals surface area contributed by atoms with E-state index in [-0.39, 0.29) is 5.75 Å². The number of hydrogen-bond acceptors (Lipinski definition) is 2. The van der Waals surface area contributed by atoms with E-state index >= 15 is 0 Å². The normalized spacial score (nSPS) is 12.4. The van der Waals surface area contributed by atoms with E-state index in [1.165, 1.54) is 67.7 Å². The predicted molar refractivity (Wildman–Crippen MR) is 120 cm³/mol. The summed E-state index contributed by atoms with van der Waals surface area (Å²) in [5, 5.41) is 5.06. The first-order valence-electron chi connectivity index (χ1n) is 11.2. The monoisotopic (exact) mass is 532 g/mol. The molecule has 0 unspecified atom stereocenters. The van der Waals surface area contributed by atoms with Crippen LogP contribution in [0.2, 0.25) is 13.3 Å². The number of rotatable bonds is 12. The van der Waals surface area contributed by atoms with Crippen LogP contribution >= 0.6 is 0 Å². The molecule has 0 amide bonds. The molecule has 30 heavy (non-hydrogen) atoms. The second-order valence-corrected chi connectivity index (χ2v) is 21.3. The van der Waals surface area contributed by atoms with E-state index in [1.54, 1.807) is 12.1 Å². The van der Waals surface area contributed by atoms with Crippen LogP contribution in [0.5, 0.6) is 5.75 Å². The van der Waals surface area contributed by atoms with Crippen molar-refractivity contribution in [1.82, 2.24) is 9.78 Å². The Morgan fingerprint density at radius 1 is 0.900 bits per heavy atom. The molecule has 0 bridgehead atoms. The van der Waals surface area contributed by atoms with Crippen molar-refractivity contribution in [2.24, 2.45) is 0 Å². The molecular weight excluding hydrogens is 496 g/mol. The van der Waals surface area contributed by atoms with Gasteiger partial charge in [-0.2, -0.15) is 0 Å². The van der Waals surface area contributed by atoms with Gasteiger partial charge < -0.3 is 0 Å². The van der Waals surface area contributed by atoms with Gasteiger partial charge in [0.2, 0.25) is 0 Å². The SMILES string of the molecule is CCC[CH2][Sn]([CH2]CCC)([CH2]CCC)[c]1cc(C)n(-c2ccc(OC(F)(F)F)cc2)n1. The third kappa shape index (κ3) is 6.92. The number of benzene rings is 1. The van der Waals surface area contributed by atoms with Crippen LogP contribution in [-0.2, 0) is 0 Å². The number of unbranched alkanes of at least 4 members (excludes halogenated alkanes) is 3. The second-order valence-electron chi connectivity index (χ2n) is 8.22. The number of halogens is 3. The Morgan fingerprint density at radius 2 is 1.40 bits per heavy atom. The summed E-state index contributed by atoms with van der Waals surface area (Å²) in [5.41, 5.74) is 1.81. The fourth-order valence-electron chi connectivity index (χ4n) is 4.09. The molecule has 0 aliphatic carbocycles. The summed E-state index contributed by atoms with van der Waals surface area (Å²) in [6, 6.07) is 8.26. The number of aromatic nitrogens is 2. The van der Waals surface area contributed by atoms with Gasteiger partial charge in [-0.1, -0.05) is 0 Å². The molecule has 2 rings (SSSR count). The van der Waals surface area contributed by atoms with Crippen LogP contribution in [0.15, 0.2) is 30.3 Å². The van der Waals surface area contributed by atoms with Crippen molar-refractivity contribution in [2.45, 2.75) is 85.9 Å². The molecule has 168 valence electrons. The van der Waals surface area contributed by atoms with Crippen LogP contribution < -0.4 is 8.45 Å². The van der Waals surface area contributed by atoms with Crippen LogP contribution in [0, 0.1) is 6.92 Å². The van der Waals surface area contributed by atoms with Gasteiger partial charge in [-0.25, -0.2) is 0 Å². The predicted octanol–water partition coefficient (Wildman–Crippen LogP) is 7.14. The molecular formula is C23H35F3N2OSn. The Kier molecular flexibility index (Phi) is 9.57. The average Bonchev–Trinajstić information content (AvgIpc) is 3.09. The Bertz CT molecular complexity index is 750. The molecule has 0 aliphatic rings. The van der Waals surface area contributed by atoms with Gasteiger partial charge in [0.05, 0.1) is 0 Å². The number of nitrogens with zero attached hydrogens (tertiary/aromatic N) is 2. The van der Waals surface area contributed by atoms with Gasteiger partial charge in [-0.05, 0) is 0 Å². The molecule has 1 aromatic carbocycles. The molecule has 0 aliphatic heterocycles. The Hall–Kier alpha value is -1.18. The Labute approximate surface area is 182 Å². The van der Waals surface area contributed by atoms with E-state index in [9.17, 15) is 13.2 Å². The third-order valence-corrected chi connectivity index (χ3v) is 20.8. The standard InChI is InChI=1S/C11H8F3N2O.3C4H9.Sn/c1-8-6-7-15-16(8)9-2-4-10(5-3-9)17-11(12,13)14;3*1-3-4-2;/h2-6H,1H3;3*1,3-4H2,2H3;. The molecule has 0 saturated carbocycles. The summed E-state index contributed by atoms with van der Waals surface area (Å²) in [5.74, 6) is -0.210. The van der Waals surface area contributed by atoms with E-state index in [0.717, 1.165) is 11.4 Å². The second kappa shape index (κ2) is 11.4. The zero-order chi connectivity index (χ0) is 22.2. The van der Waals surface area contributed by atoms with Crippen molar-refractivity contribution in [1.29, 1.82) is 0 Å². The summed E-state index contributed by atoms with van der Waals surface area (Å²) in [4.78, 5) is 0. The van der Waals surface area contributed by atoms with Crippen molar-refractivity contribution < 1.29 is 17.9 Å². The van der Waals surface area contributed by atoms with Gasteiger partial charge >= 0.3 is 183 Å². The molecule has 0 atom stereocenters. The van der Waals surface area contributed by atoms with Crippen LogP contribution in [0.3, 0.4) is 0 Å². The van der Waals surface area contributed by atoms with E-state index in [2.05, 4.69) is 31.6 Å². The molecule has 0 radical (unpaired) electrons. The number of alkyl halides is 3. The van der Waals surface area contributed by atoms with Gasteiger partial charge in [-0.15, -0.1) is 0 Å². The first kappa shape index (κ1) is 25.1. The van der Waals surface area contributed by atoms with Gasteiger partial charge in [0.25, 0.3) is 0 Å². The minimum absolute atomic E-state index is 0.210. The molecule has 0 fully saturated rings. The Balaban J connectivity index is 2.37. The topological polar surface area (TPSA) is 27.1 Å². The molecule has 1 heterocycles. The first-order chi connectivity index (χ1) is 14.2. The quantitative estimate of drug-likeness (QED) is 0.273. The summed E-state index contributed by atoms with van der Waals surface area (Å²) >= 11 is -2.64. The molecule has 0 saturated heterocycles. The van der Waals surface area contributed by atoms with Crippen molar-refractivity contribution >= 4 is 22.1 Å². The van der Waals surface area contributed by atoms with Crippen LogP contribution in [-0.4, -0.2) is 34.5 Å². The molecule has 7 heteroatoms. The van der Waals surface area contributed by atoms with Gasteiger partial charge in [0, 0.05) is 0 Å². The van der Waals surface area contributed by atoms with Crippen molar-refractivity contribution in [3.63, 3.8) is 0 Å². The van der Waals surface area contributed by atoms with Gasteiger partial charge in [0.1, 0.15) is 0 Å². The fraction of sp³-hybridized carbons (Fsp3) is 0.609. The van der Waals surface area contributed by atoms with Crippen molar-refractivity contribution in [3.05, 3.63) is 36.0 Å². The van der Waals surface area contributed by atoms with Crippen molar-refractivity contribution in [3.8, 4) is 11.4 Å². The third-order valence-electron chi connectivity index (χ3n) is 5.77. The van der Waals surface area contributed by atoms with Crippen LogP contribution in [0.1, 0.15) is 65.0 Å². The molecule has 2 aromatic rings. The van der Waals surface area contributed by atoms with Gasteiger partial charge in [-0.3, -0.25) is 0 Å². The van der Waals surface area contributed by atoms with E-state index < -0.39 is 24.7 Å². The minimum atomic E-state index is -4.68. The summed E-state index contributed by atoms with van der Waals surface area (Å²) < 4.78 is 48.5. The zero-order valence-corrected chi connectivity index (χ0v) is 21.5. The number of ether oxygens (including phenoxy) is 1. The van der Waals surface area contributed by atoms with E-state index in [1.807, 2.05) is 11.6 Å². The average molecular weight is 531 g/mol. The summed E-state index contributed by atoms with van der Waals surface area (Å²) in [6.45, 7) is 8.80. The van der Waals surface area contributed by atoms with Gasteiger partial charge in [0.15, 0.2) is 0 Å². The fourth-order valence-corrected chi connectivity index (χ4v) is 19.6. The molecule has 0 spiro atoms. The van der Waals surface area contributed by atoms with Crippen LogP contribution in [0.4, 0.5) is 13.2 Å². The molecule has 0 N–H and O–H groups in total. The van der Waals surface area contributed by atoms with Crippen molar-refractivity contribution in [2.75, 3.05) is 0 Å². The number of hydrogen-bond donors (Lipinski definition) is 0. The van der Waals surface area contributed by atoms with E-state index in [0.29, 0.717) is 0 Å². The Morgan fingerprint density at radius 3 is 1.83 bits per heavy atom. The maximum atomic E-state index is 12.4. The number of aryl methyl sites for hydroxylation is 1. The first-order valence-corrected chi connectivity index (χ1v) is 18.7. The summed E-state index contributed by atoms with van der Waals surface area (Å²) in [6.07, 6.45) is 2.73. The van der Waals surface area contributed by atoms with Crippen LogP contribution in [0.25, 0.3) is 5.69 Å². The molecule has 3 nitrogen and oxygen atoms in total. The summed E-state index contributed by atoms with van der Waals surface area (Å²) in [7, 11) is 0. The maximum absolute atomic E-state index is 12.4. The molecule has 1 aromatic heterocycles. The zero-order valence-electron chi connectivity index (χ0n) is 18.7. The van der Waals surface area contributed by atoms with E-state index in [4.69, 9.17) is 5.10 Å².